The third kappa shape index (κ3) is 2.68. The van der Waals surface area contributed by atoms with Crippen molar-refractivity contribution < 1.29 is 9.18 Å². The van der Waals surface area contributed by atoms with E-state index >= 15 is 0 Å². The van der Waals surface area contributed by atoms with E-state index in [9.17, 15) is 9.18 Å². The minimum Gasteiger partial charge on any atom is -0.337 e. The summed E-state index contributed by atoms with van der Waals surface area (Å²) in [6, 6.07) is 5.26. The highest BCUT2D eigenvalue weighted by atomic mass is 19.1. The van der Waals surface area contributed by atoms with Crippen LogP contribution in [-0.2, 0) is 0 Å². The number of halogens is 1. The summed E-state index contributed by atoms with van der Waals surface area (Å²) in [5.41, 5.74) is 1.64. The maximum atomic E-state index is 13.9. The molecule has 5 heteroatoms. The molecule has 1 unspecified atom stereocenters. The van der Waals surface area contributed by atoms with Gasteiger partial charge < -0.3 is 9.80 Å². The Balaban J connectivity index is 1.91. The first-order valence-corrected chi connectivity index (χ1v) is 7.47. The summed E-state index contributed by atoms with van der Waals surface area (Å²) in [4.78, 5) is 20.7. The van der Waals surface area contributed by atoms with Crippen molar-refractivity contribution in [2.24, 2.45) is 0 Å². The van der Waals surface area contributed by atoms with E-state index in [1.54, 1.807) is 11.0 Å². The molecule has 0 bridgehead atoms. The Hall–Kier alpha value is -2.01. The molecular formula is C17H20FN3O. The average Bonchev–Trinajstić information content (AvgIpc) is 2.91. The lowest BCUT2D eigenvalue weighted by atomic mass is 10.1. The number of hydrogen-bond acceptors (Lipinski definition) is 3. The fourth-order valence-electron chi connectivity index (χ4n) is 3.06. The predicted molar refractivity (Wildman–Crippen MR) is 84.4 cm³/mol. The van der Waals surface area contributed by atoms with Crippen LogP contribution in [0.25, 0.3) is 10.9 Å². The molecule has 2 heterocycles. The van der Waals surface area contributed by atoms with Crippen LogP contribution in [0.2, 0.25) is 0 Å². The number of rotatable bonds is 2. The molecule has 22 heavy (non-hydrogen) atoms. The second-order valence-electron chi connectivity index (χ2n) is 6.16. The smallest absolute Gasteiger partial charge is 0.255 e. The maximum Gasteiger partial charge on any atom is 0.255 e. The van der Waals surface area contributed by atoms with E-state index in [1.165, 1.54) is 12.3 Å². The third-order valence-electron chi connectivity index (χ3n) is 4.36. The Bertz CT molecular complexity index is 731. The first kappa shape index (κ1) is 14.9. The van der Waals surface area contributed by atoms with Crippen molar-refractivity contribution in [3.8, 4) is 0 Å². The van der Waals surface area contributed by atoms with Crippen LogP contribution in [0.3, 0.4) is 0 Å². The fraction of sp³-hybridized carbons (Fsp3) is 0.412. The summed E-state index contributed by atoms with van der Waals surface area (Å²) >= 11 is 0. The first-order valence-electron chi connectivity index (χ1n) is 7.47. The summed E-state index contributed by atoms with van der Waals surface area (Å²) in [6.07, 6.45) is 2.45. The molecule has 0 saturated carbocycles. The summed E-state index contributed by atoms with van der Waals surface area (Å²) in [5.74, 6) is -0.406. The molecule has 0 aliphatic carbocycles. The second-order valence-corrected chi connectivity index (χ2v) is 6.16. The molecule has 0 radical (unpaired) electrons. The molecule has 0 N–H and O–H groups in total. The maximum absolute atomic E-state index is 13.9. The molecule has 4 nitrogen and oxygen atoms in total. The van der Waals surface area contributed by atoms with E-state index in [-0.39, 0.29) is 17.8 Å². The van der Waals surface area contributed by atoms with Crippen molar-refractivity contribution in [3.63, 3.8) is 0 Å². The quantitative estimate of drug-likeness (QED) is 0.855. The highest BCUT2D eigenvalue weighted by Gasteiger charge is 2.27. The number of carbonyl (C=O) groups is 1. The van der Waals surface area contributed by atoms with Crippen LogP contribution in [0, 0.1) is 12.7 Å². The summed E-state index contributed by atoms with van der Waals surface area (Å²) in [7, 11) is 3.88. The molecule has 1 atom stereocenters. The van der Waals surface area contributed by atoms with Crippen molar-refractivity contribution >= 4 is 16.8 Å². The van der Waals surface area contributed by atoms with E-state index in [0.717, 1.165) is 25.1 Å². The standard InChI is InChI=1S/C17H20FN3O/c1-11-6-12-8-13(9-19-16(12)15(18)7-11)17(22)21(3)14-4-5-20(2)10-14/h6-9,14H,4-5,10H2,1-3H3. The number of pyridine rings is 1. The Kier molecular flexibility index (Phi) is 3.83. The predicted octanol–water partition coefficient (Wildman–Crippen LogP) is 2.46. The molecule has 0 spiro atoms. The molecule has 116 valence electrons. The van der Waals surface area contributed by atoms with Gasteiger partial charge in [0.05, 0.1) is 5.56 Å². The number of aryl methyl sites for hydroxylation is 1. The number of nitrogens with zero attached hydrogens (tertiary/aromatic N) is 3. The molecular weight excluding hydrogens is 281 g/mol. The van der Waals surface area contributed by atoms with E-state index in [1.807, 2.05) is 20.0 Å². The van der Waals surface area contributed by atoms with Gasteiger partial charge in [-0.2, -0.15) is 0 Å². The van der Waals surface area contributed by atoms with Crippen molar-refractivity contribution in [1.82, 2.24) is 14.8 Å². The molecule has 1 aromatic carbocycles. The number of aromatic nitrogens is 1. The van der Waals surface area contributed by atoms with Crippen LogP contribution in [0.5, 0.6) is 0 Å². The van der Waals surface area contributed by atoms with Crippen molar-refractivity contribution in [3.05, 3.63) is 41.3 Å². The lowest BCUT2D eigenvalue weighted by molar-refractivity contribution is 0.0737. The Labute approximate surface area is 129 Å². The van der Waals surface area contributed by atoms with Crippen LogP contribution in [-0.4, -0.2) is 53.9 Å². The van der Waals surface area contributed by atoms with Gasteiger partial charge in [0.2, 0.25) is 0 Å². The van der Waals surface area contributed by atoms with Crippen LogP contribution in [0.4, 0.5) is 4.39 Å². The van der Waals surface area contributed by atoms with E-state index in [2.05, 4.69) is 16.9 Å². The minimum absolute atomic E-state index is 0.0587. The van der Waals surface area contributed by atoms with E-state index in [0.29, 0.717) is 16.5 Å². The van der Waals surface area contributed by atoms with Gasteiger partial charge in [0.15, 0.2) is 0 Å². The molecule has 1 saturated heterocycles. The largest absolute Gasteiger partial charge is 0.337 e. The first-order chi connectivity index (χ1) is 10.5. The van der Waals surface area contributed by atoms with Crippen LogP contribution < -0.4 is 0 Å². The zero-order chi connectivity index (χ0) is 15.9. The van der Waals surface area contributed by atoms with Gasteiger partial charge in [-0.25, -0.2) is 4.39 Å². The second kappa shape index (κ2) is 5.65. The Morgan fingerprint density at radius 1 is 1.41 bits per heavy atom. The molecule has 2 aromatic rings. The van der Waals surface area contributed by atoms with Crippen molar-refractivity contribution in [2.45, 2.75) is 19.4 Å². The number of likely N-dealkylation sites (N-methyl/N-ethyl adjacent to an activating group) is 2. The normalized spacial score (nSPS) is 18.8. The van der Waals surface area contributed by atoms with Gasteiger partial charge in [0, 0.05) is 31.2 Å². The summed E-state index contributed by atoms with van der Waals surface area (Å²) in [6.45, 7) is 3.72. The third-order valence-corrected chi connectivity index (χ3v) is 4.36. The number of fused-ring (bicyclic) bond motifs is 1. The zero-order valence-electron chi connectivity index (χ0n) is 13.1. The minimum atomic E-state index is -0.347. The van der Waals surface area contributed by atoms with Gasteiger partial charge in [-0.05, 0) is 50.7 Å². The summed E-state index contributed by atoms with van der Waals surface area (Å²) < 4.78 is 13.9. The monoisotopic (exact) mass is 301 g/mol. The fourth-order valence-corrected chi connectivity index (χ4v) is 3.06. The van der Waals surface area contributed by atoms with E-state index in [4.69, 9.17) is 0 Å². The average molecular weight is 301 g/mol. The number of amides is 1. The van der Waals surface area contributed by atoms with Gasteiger partial charge in [-0.3, -0.25) is 9.78 Å². The highest BCUT2D eigenvalue weighted by molar-refractivity contribution is 5.97. The Morgan fingerprint density at radius 2 is 2.18 bits per heavy atom. The molecule has 1 aliphatic rings. The Morgan fingerprint density at radius 3 is 2.86 bits per heavy atom. The van der Waals surface area contributed by atoms with Gasteiger partial charge in [0.1, 0.15) is 11.3 Å². The molecule has 1 fully saturated rings. The molecule has 1 amide bonds. The van der Waals surface area contributed by atoms with Crippen molar-refractivity contribution in [1.29, 1.82) is 0 Å². The lowest BCUT2D eigenvalue weighted by Gasteiger charge is -2.24. The molecule has 3 rings (SSSR count). The van der Waals surface area contributed by atoms with Crippen LogP contribution in [0.1, 0.15) is 22.3 Å². The van der Waals surface area contributed by atoms with Gasteiger partial charge in [0.25, 0.3) is 5.91 Å². The number of benzene rings is 1. The summed E-state index contributed by atoms with van der Waals surface area (Å²) in [5, 5.41) is 0.667. The molecule has 1 aliphatic heterocycles. The van der Waals surface area contributed by atoms with Gasteiger partial charge in [-0.1, -0.05) is 0 Å². The number of hydrogen-bond donors (Lipinski definition) is 0. The zero-order valence-corrected chi connectivity index (χ0v) is 13.1. The van der Waals surface area contributed by atoms with Gasteiger partial charge in [-0.15, -0.1) is 0 Å². The lowest BCUT2D eigenvalue weighted by Crippen LogP contribution is -2.38. The van der Waals surface area contributed by atoms with Crippen LogP contribution in [0.15, 0.2) is 24.4 Å². The SMILES string of the molecule is Cc1cc(F)c2ncc(C(=O)N(C)C3CCN(C)C3)cc2c1. The number of carbonyl (C=O) groups excluding carboxylic acids is 1. The topological polar surface area (TPSA) is 36.4 Å². The van der Waals surface area contributed by atoms with Crippen molar-refractivity contribution in [2.75, 3.05) is 27.2 Å². The molecule has 1 aromatic heterocycles. The van der Waals surface area contributed by atoms with Crippen LogP contribution >= 0.6 is 0 Å². The van der Waals surface area contributed by atoms with E-state index < -0.39 is 0 Å². The number of likely N-dealkylation sites (tertiary alicyclic amines) is 1. The van der Waals surface area contributed by atoms with Gasteiger partial charge >= 0.3 is 0 Å². The highest BCUT2D eigenvalue weighted by Crippen LogP contribution is 2.21.